The van der Waals surface area contributed by atoms with Gasteiger partial charge in [0.1, 0.15) is 0 Å². The molecule has 11 heavy (non-hydrogen) atoms. The maximum absolute atomic E-state index is 5.36. The van der Waals surface area contributed by atoms with Crippen molar-refractivity contribution in [2.24, 2.45) is 0 Å². The van der Waals surface area contributed by atoms with Crippen molar-refractivity contribution < 1.29 is 0 Å². The molecule has 0 saturated heterocycles. The van der Waals surface area contributed by atoms with Gasteiger partial charge in [0.05, 0.1) is 0 Å². The molecule has 0 unspecified atom stereocenters. The predicted molar refractivity (Wildman–Crippen MR) is 60.2 cm³/mol. The van der Waals surface area contributed by atoms with Gasteiger partial charge in [0.15, 0.2) is 0 Å². The maximum atomic E-state index is 5.36. The van der Waals surface area contributed by atoms with E-state index in [0.717, 1.165) is 5.69 Å². The number of thiol groups is 2. The van der Waals surface area contributed by atoms with Crippen molar-refractivity contribution in [3.8, 4) is 0 Å². The van der Waals surface area contributed by atoms with E-state index in [1.807, 2.05) is 44.2 Å². The summed E-state index contributed by atoms with van der Waals surface area (Å²) in [6.07, 6.45) is 0. The standard InChI is InChI=1S/C6H7N.C2H6.H2S2/c7-6-4-2-1-3-5-6;2*1-2/h1-5H,7H2;1-2H3;1-2H. The Labute approximate surface area is 79.2 Å². The molecule has 0 heterocycles. The first-order valence-electron chi connectivity index (χ1n) is 3.40. The lowest BCUT2D eigenvalue weighted by molar-refractivity contribution is 1.50. The van der Waals surface area contributed by atoms with Crippen LogP contribution in [0.1, 0.15) is 13.8 Å². The first-order chi connectivity index (χ1) is 5.39. The molecule has 0 aliphatic heterocycles. The number of anilines is 1. The van der Waals surface area contributed by atoms with Crippen molar-refractivity contribution in [3.63, 3.8) is 0 Å². The molecule has 2 N–H and O–H groups in total. The predicted octanol–water partition coefficient (Wildman–Crippen LogP) is 3.06. The Bertz CT molecular complexity index is 142. The van der Waals surface area contributed by atoms with E-state index in [-0.39, 0.29) is 0 Å². The van der Waals surface area contributed by atoms with Gasteiger partial charge in [-0.2, -0.15) is 0 Å². The molecule has 0 fully saturated rings. The second kappa shape index (κ2) is 12.4. The number of nitrogen functional groups attached to an aromatic ring is 1. The van der Waals surface area contributed by atoms with Crippen LogP contribution in [-0.2, 0) is 0 Å². The van der Waals surface area contributed by atoms with Crippen molar-refractivity contribution in [3.05, 3.63) is 30.3 Å². The Hall–Kier alpha value is -0.280. The molecule has 0 amide bonds. The highest BCUT2D eigenvalue weighted by molar-refractivity contribution is 8.59. The number of benzene rings is 1. The van der Waals surface area contributed by atoms with Crippen molar-refractivity contribution in [2.45, 2.75) is 13.8 Å². The largest absolute Gasteiger partial charge is 0.399 e. The monoisotopic (exact) mass is 189 g/mol. The van der Waals surface area contributed by atoms with E-state index in [1.54, 1.807) is 0 Å². The number of rotatable bonds is 0. The van der Waals surface area contributed by atoms with E-state index in [1.165, 1.54) is 0 Å². The Balaban J connectivity index is 0. The van der Waals surface area contributed by atoms with Gasteiger partial charge < -0.3 is 5.73 Å². The van der Waals surface area contributed by atoms with Crippen LogP contribution in [0.4, 0.5) is 5.69 Å². The third-order valence-corrected chi connectivity index (χ3v) is 0.800. The molecule has 1 rings (SSSR count). The third-order valence-electron chi connectivity index (χ3n) is 0.800. The van der Waals surface area contributed by atoms with Crippen LogP contribution in [0.3, 0.4) is 0 Å². The van der Waals surface area contributed by atoms with Crippen molar-refractivity contribution in [2.75, 3.05) is 5.73 Å². The fraction of sp³-hybridized carbons (Fsp3) is 0.250. The molecule has 0 atom stereocenters. The second-order valence-electron chi connectivity index (χ2n) is 1.41. The average Bonchev–Trinajstić information content (AvgIpc) is 2.13. The van der Waals surface area contributed by atoms with Crippen molar-refractivity contribution in [1.29, 1.82) is 0 Å². The second-order valence-corrected chi connectivity index (χ2v) is 1.41. The van der Waals surface area contributed by atoms with Gasteiger partial charge in [0.25, 0.3) is 0 Å². The van der Waals surface area contributed by atoms with Gasteiger partial charge in [-0.25, -0.2) is 0 Å². The van der Waals surface area contributed by atoms with Crippen molar-refractivity contribution >= 4 is 29.0 Å². The van der Waals surface area contributed by atoms with E-state index in [9.17, 15) is 0 Å². The summed E-state index contributed by atoms with van der Waals surface area (Å²) in [5, 5.41) is 0. The molecule has 64 valence electrons. The van der Waals surface area contributed by atoms with Crippen LogP contribution < -0.4 is 5.73 Å². The lowest BCUT2D eigenvalue weighted by Gasteiger charge is -1.83. The minimum atomic E-state index is 0.822. The highest BCUT2D eigenvalue weighted by Crippen LogP contribution is 1.95. The Morgan fingerprint density at radius 2 is 1.36 bits per heavy atom. The van der Waals surface area contributed by atoms with E-state index < -0.39 is 0 Å². The van der Waals surface area contributed by atoms with E-state index in [2.05, 4.69) is 23.3 Å². The van der Waals surface area contributed by atoms with Crippen LogP contribution in [0.2, 0.25) is 0 Å². The lowest BCUT2D eigenvalue weighted by Crippen LogP contribution is -1.79. The molecule has 0 aliphatic rings. The van der Waals surface area contributed by atoms with Gasteiger partial charge >= 0.3 is 0 Å². The van der Waals surface area contributed by atoms with Gasteiger partial charge in [-0.3, -0.25) is 0 Å². The van der Waals surface area contributed by atoms with Crippen molar-refractivity contribution in [1.82, 2.24) is 0 Å². The van der Waals surface area contributed by atoms with Gasteiger partial charge in [-0.1, -0.05) is 32.0 Å². The summed E-state index contributed by atoms with van der Waals surface area (Å²) >= 11 is 6.44. The molecule has 1 aromatic carbocycles. The summed E-state index contributed by atoms with van der Waals surface area (Å²) in [6, 6.07) is 9.49. The Morgan fingerprint density at radius 1 is 1.00 bits per heavy atom. The Morgan fingerprint density at radius 3 is 1.55 bits per heavy atom. The van der Waals surface area contributed by atoms with Gasteiger partial charge in [-0.15, -0.1) is 23.3 Å². The lowest BCUT2D eigenvalue weighted by atomic mass is 10.3. The van der Waals surface area contributed by atoms with Gasteiger partial charge in [0, 0.05) is 5.69 Å². The number of hydrogen-bond donors (Lipinski definition) is 3. The molecule has 0 aromatic heterocycles. The van der Waals surface area contributed by atoms with Crippen LogP contribution in [0.5, 0.6) is 0 Å². The zero-order valence-electron chi connectivity index (χ0n) is 6.86. The topological polar surface area (TPSA) is 26.0 Å². The molecule has 1 aromatic rings. The summed E-state index contributed by atoms with van der Waals surface area (Å²) in [5.41, 5.74) is 6.18. The molecule has 0 spiro atoms. The zero-order valence-corrected chi connectivity index (χ0v) is 8.65. The highest BCUT2D eigenvalue weighted by Gasteiger charge is 1.72. The Kier molecular flexibility index (Phi) is 15.0. The average molecular weight is 189 g/mol. The van der Waals surface area contributed by atoms with Crippen LogP contribution in [0, 0.1) is 0 Å². The first-order valence-corrected chi connectivity index (χ1v) is 5.00. The highest BCUT2D eigenvalue weighted by atomic mass is 33.1. The summed E-state index contributed by atoms with van der Waals surface area (Å²) in [4.78, 5) is 0. The summed E-state index contributed by atoms with van der Waals surface area (Å²) in [7, 11) is 0. The smallest absolute Gasteiger partial charge is 0.0313 e. The molecular formula is C8H15NS2. The fourth-order valence-corrected chi connectivity index (χ4v) is 0.453. The summed E-state index contributed by atoms with van der Waals surface area (Å²) < 4.78 is 0. The van der Waals surface area contributed by atoms with E-state index in [4.69, 9.17) is 5.73 Å². The molecule has 0 aliphatic carbocycles. The minimum absolute atomic E-state index is 0.822. The van der Waals surface area contributed by atoms with Crippen LogP contribution >= 0.6 is 23.3 Å². The SMILES string of the molecule is CC.Nc1ccccc1.SS. The van der Waals surface area contributed by atoms with Gasteiger partial charge in [-0.05, 0) is 12.1 Å². The molecular weight excluding hydrogens is 174 g/mol. The number of hydrogen-bond acceptors (Lipinski definition) is 3. The molecule has 0 bridgehead atoms. The molecule has 0 saturated carbocycles. The van der Waals surface area contributed by atoms with Crippen LogP contribution in [0.15, 0.2) is 30.3 Å². The fourth-order valence-electron chi connectivity index (χ4n) is 0.453. The summed E-state index contributed by atoms with van der Waals surface area (Å²) in [5.74, 6) is 0. The van der Waals surface area contributed by atoms with Crippen LogP contribution in [-0.4, -0.2) is 0 Å². The zero-order chi connectivity index (χ0) is 9.11. The molecule has 0 radical (unpaired) electrons. The van der Waals surface area contributed by atoms with Gasteiger partial charge in [0.2, 0.25) is 0 Å². The van der Waals surface area contributed by atoms with E-state index in [0.29, 0.717) is 0 Å². The third kappa shape index (κ3) is 9.72. The first kappa shape index (κ1) is 13.3. The number of nitrogens with two attached hydrogens (primary N) is 1. The number of para-hydroxylation sites is 1. The normalized spacial score (nSPS) is 6.55. The molecule has 3 heteroatoms. The maximum Gasteiger partial charge on any atom is 0.0313 e. The van der Waals surface area contributed by atoms with Crippen LogP contribution in [0.25, 0.3) is 0 Å². The minimum Gasteiger partial charge on any atom is -0.399 e. The quantitative estimate of drug-likeness (QED) is 0.326. The summed E-state index contributed by atoms with van der Waals surface area (Å²) in [6.45, 7) is 4.00. The molecule has 1 nitrogen and oxygen atoms in total. The van der Waals surface area contributed by atoms with E-state index >= 15 is 0 Å².